The van der Waals surface area contributed by atoms with Crippen LogP contribution >= 0.6 is 0 Å². The molecule has 1 N–H and O–H groups in total. The van der Waals surface area contributed by atoms with E-state index in [9.17, 15) is 18.4 Å². The Morgan fingerprint density at radius 1 is 0.964 bits per heavy atom. The minimum atomic E-state index is -0.461. The van der Waals surface area contributed by atoms with Crippen molar-refractivity contribution in [1.29, 1.82) is 0 Å². The molecule has 0 saturated carbocycles. The summed E-state index contributed by atoms with van der Waals surface area (Å²) in [5.41, 5.74) is 0.521. The van der Waals surface area contributed by atoms with Crippen LogP contribution in [0.15, 0.2) is 48.5 Å². The molecule has 5 nitrogen and oxygen atoms in total. The summed E-state index contributed by atoms with van der Waals surface area (Å²) in [5, 5.41) is 2.58. The minimum absolute atomic E-state index is 0.176. The van der Waals surface area contributed by atoms with Gasteiger partial charge in [0.05, 0.1) is 5.69 Å². The standard InChI is InChI=1S/C21H23F2N3O2/c22-17-6-3-5-16(15-17)21(28)26-11-4-10-25(13-14-26)12-9-20(27)24-19-8-2-1-7-18(19)23/h1-3,5-8,15H,4,9-14H2,(H,24,27). The van der Waals surface area contributed by atoms with E-state index in [2.05, 4.69) is 10.2 Å². The number of anilines is 1. The molecule has 0 aliphatic carbocycles. The Kier molecular flexibility index (Phi) is 6.71. The van der Waals surface area contributed by atoms with E-state index in [-0.39, 0.29) is 23.9 Å². The van der Waals surface area contributed by atoms with Crippen LogP contribution in [0.5, 0.6) is 0 Å². The fourth-order valence-corrected chi connectivity index (χ4v) is 3.24. The Labute approximate surface area is 162 Å². The number of para-hydroxylation sites is 1. The normalized spacial score (nSPS) is 15.1. The van der Waals surface area contributed by atoms with Crippen LogP contribution in [0.2, 0.25) is 0 Å². The van der Waals surface area contributed by atoms with Gasteiger partial charge in [-0.25, -0.2) is 8.78 Å². The summed E-state index contributed by atoms with van der Waals surface area (Å²) in [7, 11) is 0. The second-order valence-electron chi connectivity index (χ2n) is 6.78. The summed E-state index contributed by atoms with van der Waals surface area (Å²) in [4.78, 5) is 28.5. The number of benzene rings is 2. The molecule has 28 heavy (non-hydrogen) atoms. The summed E-state index contributed by atoms with van der Waals surface area (Å²) in [5.74, 6) is -1.32. The highest BCUT2D eigenvalue weighted by molar-refractivity contribution is 5.94. The van der Waals surface area contributed by atoms with Crippen molar-refractivity contribution < 1.29 is 18.4 Å². The first-order valence-corrected chi connectivity index (χ1v) is 9.34. The predicted molar refractivity (Wildman–Crippen MR) is 103 cm³/mol. The molecule has 0 spiro atoms. The molecular weight excluding hydrogens is 364 g/mol. The van der Waals surface area contributed by atoms with Crippen molar-refractivity contribution in [2.75, 3.05) is 38.0 Å². The number of amides is 2. The summed E-state index contributed by atoms with van der Waals surface area (Å²) in [6, 6.07) is 11.8. The maximum Gasteiger partial charge on any atom is 0.254 e. The highest BCUT2D eigenvalue weighted by Crippen LogP contribution is 2.14. The van der Waals surface area contributed by atoms with E-state index in [0.717, 1.165) is 13.0 Å². The summed E-state index contributed by atoms with van der Waals surface area (Å²) >= 11 is 0. The quantitative estimate of drug-likeness (QED) is 0.858. The third-order valence-electron chi connectivity index (χ3n) is 4.75. The largest absolute Gasteiger partial charge is 0.337 e. The number of carbonyl (C=O) groups is 2. The zero-order valence-corrected chi connectivity index (χ0v) is 15.5. The van der Waals surface area contributed by atoms with E-state index in [4.69, 9.17) is 0 Å². The molecule has 1 heterocycles. The maximum atomic E-state index is 13.6. The molecule has 1 aliphatic rings. The minimum Gasteiger partial charge on any atom is -0.337 e. The molecule has 7 heteroatoms. The van der Waals surface area contributed by atoms with Gasteiger partial charge in [-0.3, -0.25) is 9.59 Å². The van der Waals surface area contributed by atoms with Gasteiger partial charge < -0.3 is 15.1 Å². The lowest BCUT2D eigenvalue weighted by molar-refractivity contribution is -0.116. The van der Waals surface area contributed by atoms with Crippen molar-refractivity contribution in [2.24, 2.45) is 0 Å². The Hall–Kier alpha value is -2.80. The topological polar surface area (TPSA) is 52.7 Å². The van der Waals surface area contributed by atoms with Gasteiger partial charge in [0.2, 0.25) is 5.91 Å². The Balaban J connectivity index is 1.48. The summed E-state index contributed by atoms with van der Waals surface area (Å²) < 4.78 is 27.0. The molecule has 0 bridgehead atoms. The van der Waals surface area contributed by atoms with Gasteiger partial charge in [0.15, 0.2) is 0 Å². The molecule has 2 amide bonds. The molecule has 1 fully saturated rings. The van der Waals surface area contributed by atoms with Crippen molar-refractivity contribution in [1.82, 2.24) is 9.80 Å². The molecule has 1 saturated heterocycles. The van der Waals surface area contributed by atoms with E-state index in [1.165, 1.54) is 30.3 Å². The lowest BCUT2D eigenvalue weighted by Gasteiger charge is -2.22. The Morgan fingerprint density at radius 2 is 1.79 bits per heavy atom. The van der Waals surface area contributed by atoms with Gasteiger partial charge in [-0.1, -0.05) is 18.2 Å². The molecule has 2 aromatic carbocycles. The number of hydrogen-bond acceptors (Lipinski definition) is 3. The van der Waals surface area contributed by atoms with Crippen LogP contribution in [0.4, 0.5) is 14.5 Å². The first-order valence-electron chi connectivity index (χ1n) is 9.34. The Morgan fingerprint density at radius 3 is 2.57 bits per heavy atom. The average molecular weight is 387 g/mol. The average Bonchev–Trinajstić information content (AvgIpc) is 2.93. The van der Waals surface area contributed by atoms with Crippen molar-refractivity contribution >= 4 is 17.5 Å². The van der Waals surface area contributed by atoms with E-state index >= 15 is 0 Å². The highest BCUT2D eigenvalue weighted by Gasteiger charge is 2.21. The monoisotopic (exact) mass is 387 g/mol. The molecular formula is C21H23F2N3O2. The third kappa shape index (κ3) is 5.36. The molecule has 0 aromatic heterocycles. The molecule has 1 aliphatic heterocycles. The van der Waals surface area contributed by atoms with Crippen LogP contribution in [0.3, 0.4) is 0 Å². The van der Waals surface area contributed by atoms with Crippen molar-refractivity contribution in [3.63, 3.8) is 0 Å². The van der Waals surface area contributed by atoms with Gasteiger partial charge in [-0.2, -0.15) is 0 Å². The number of hydrogen-bond donors (Lipinski definition) is 1. The van der Waals surface area contributed by atoms with Gasteiger partial charge in [0.1, 0.15) is 11.6 Å². The first-order chi connectivity index (χ1) is 13.5. The van der Waals surface area contributed by atoms with Gasteiger partial charge in [0, 0.05) is 38.2 Å². The second kappa shape index (κ2) is 9.41. The fraction of sp³-hybridized carbons (Fsp3) is 0.333. The predicted octanol–water partition coefficient (Wildman–Crippen LogP) is 3.14. The third-order valence-corrected chi connectivity index (χ3v) is 4.75. The number of carbonyl (C=O) groups excluding carboxylic acids is 2. The second-order valence-corrected chi connectivity index (χ2v) is 6.78. The molecule has 0 unspecified atom stereocenters. The van der Waals surface area contributed by atoms with Crippen LogP contribution in [-0.4, -0.2) is 54.3 Å². The summed E-state index contributed by atoms with van der Waals surface area (Å²) in [6.07, 6.45) is 1.02. The lowest BCUT2D eigenvalue weighted by atomic mass is 10.2. The van der Waals surface area contributed by atoms with Gasteiger partial charge in [-0.15, -0.1) is 0 Å². The molecule has 148 valence electrons. The smallest absolute Gasteiger partial charge is 0.254 e. The van der Waals surface area contributed by atoms with Gasteiger partial charge in [-0.05, 0) is 43.3 Å². The van der Waals surface area contributed by atoms with Crippen LogP contribution in [0.25, 0.3) is 0 Å². The molecule has 3 rings (SSSR count). The number of nitrogens with zero attached hydrogens (tertiary/aromatic N) is 2. The molecule has 0 atom stereocenters. The van der Waals surface area contributed by atoms with Crippen LogP contribution < -0.4 is 5.32 Å². The van der Waals surface area contributed by atoms with E-state index in [1.54, 1.807) is 23.1 Å². The van der Waals surface area contributed by atoms with E-state index < -0.39 is 11.6 Å². The van der Waals surface area contributed by atoms with Crippen LogP contribution in [0.1, 0.15) is 23.2 Å². The fourth-order valence-electron chi connectivity index (χ4n) is 3.24. The van der Waals surface area contributed by atoms with E-state index in [0.29, 0.717) is 31.7 Å². The van der Waals surface area contributed by atoms with Crippen molar-refractivity contribution in [3.8, 4) is 0 Å². The molecule has 2 aromatic rings. The number of rotatable bonds is 5. The van der Waals surface area contributed by atoms with Gasteiger partial charge >= 0.3 is 0 Å². The highest BCUT2D eigenvalue weighted by atomic mass is 19.1. The number of halogens is 2. The lowest BCUT2D eigenvalue weighted by Crippen LogP contribution is -2.36. The molecule has 0 radical (unpaired) electrons. The van der Waals surface area contributed by atoms with Crippen LogP contribution in [-0.2, 0) is 4.79 Å². The summed E-state index contributed by atoms with van der Waals surface area (Å²) in [6.45, 7) is 3.04. The van der Waals surface area contributed by atoms with Crippen molar-refractivity contribution in [2.45, 2.75) is 12.8 Å². The Bertz CT molecular complexity index is 844. The zero-order valence-electron chi connectivity index (χ0n) is 15.5. The maximum absolute atomic E-state index is 13.6. The first kappa shape index (κ1) is 19.9. The van der Waals surface area contributed by atoms with Gasteiger partial charge in [0.25, 0.3) is 5.91 Å². The van der Waals surface area contributed by atoms with Crippen LogP contribution in [0, 0.1) is 11.6 Å². The SMILES string of the molecule is O=C(CCN1CCCN(C(=O)c2cccc(F)c2)CC1)Nc1ccccc1F. The van der Waals surface area contributed by atoms with Crippen molar-refractivity contribution in [3.05, 3.63) is 65.7 Å². The number of nitrogens with one attached hydrogen (secondary N) is 1. The van der Waals surface area contributed by atoms with E-state index in [1.807, 2.05) is 0 Å². The zero-order chi connectivity index (χ0) is 19.9.